The molecule has 15 heteroatoms. The van der Waals surface area contributed by atoms with Gasteiger partial charge in [-0.2, -0.15) is 0 Å². The average molecular weight is 634 g/mol. The number of carboxylic acid groups (broad SMARTS) is 1. The summed E-state index contributed by atoms with van der Waals surface area (Å²) in [6.45, 7) is 6.95. The van der Waals surface area contributed by atoms with Crippen molar-refractivity contribution in [2.45, 2.75) is 80.8 Å². The zero-order valence-electron chi connectivity index (χ0n) is 24.7. The van der Waals surface area contributed by atoms with Crippen LogP contribution >= 0.6 is 11.8 Å². The van der Waals surface area contributed by atoms with Crippen molar-refractivity contribution in [3.63, 3.8) is 0 Å². The summed E-state index contributed by atoms with van der Waals surface area (Å²) in [5.74, 6) is -4.44. The van der Waals surface area contributed by atoms with Crippen molar-refractivity contribution < 1.29 is 54.2 Å². The van der Waals surface area contributed by atoms with Crippen molar-refractivity contribution in [3.8, 4) is 0 Å². The van der Waals surface area contributed by atoms with Crippen LogP contribution in [-0.4, -0.2) is 107 Å². The number of ether oxygens (including phenoxy) is 2. The van der Waals surface area contributed by atoms with Crippen LogP contribution in [0.1, 0.15) is 46.2 Å². The fourth-order valence-electron chi connectivity index (χ4n) is 7.66. The van der Waals surface area contributed by atoms with E-state index in [0.717, 1.165) is 4.90 Å². The minimum atomic E-state index is -2.22. The van der Waals surface area contributed by atoms with E-state index < -0.39 is 87.5 Å². The van der Waals surface area contributed by atoms with E-state index in [4.69, 9.17) is 9.47 Å². The lowest BCUT2D eigenvalue weighted by atomic mass is 9.93. The van der Waals surface area contributed by atoms with E-state index in [2.05, 4.69) is 10.6 Å². The van der Waals surface area contributed by atoms with Gasteiger partial charge in [0.25, 0.3) is 5.91 Å². The lowest BCUT2D eigenvalue weighted by molar-refractivity contribution is -0.290. The van der Waals surface area contributed by atoms with Crippen LogP contribution in [0.4, 0.5) is 4.79 Å². The summed E-state index contributed by atoms with van der Waals surface area (Å²) >= 11 is 1.31. The third-order valence-corrected chi connectivity index (χ3v) is 11.9. The second kappa shape index (κ2) is 9.17. The second-order valence-corrected chi connectivity index (χ2v) is 14.2. The Morgan fingerprint density at radius 1 is 1.07 bits per heavy atom. The second-order valence-electron chi connectivity index (χ2n) is 13.1. The molecule has 2 saturated carbocycles. The van der Waals surface area contributed by atoms with Crippen molar-refractivity contribution >= 4 is 35.6 Å². The minimum Gasteiger partial charge on any atom is -0.477 e. The summed E-state index contributed by atoms with van der Waals surface area (Å²) in [6, 6.07) is 5.78. The quantitative estimate of drug-likeness (QED) is 0.191. The fraction of sp³-hybridized carbons (Fsp3) is 0.586. The number of fused-ring (bicyclic) bond motifs is 4. The minimum absolute atomic E-state index is 0.111. The smallest absolute Gasteiger partial charge is 0.408 e. The first-order valence-corrected chi connectivity index (χ1v) is 15.1. The van der Waals surface area contributed by atoms with E-state index in [0.29, 0.717) is 16.9 Å². The SMILES string of the molecule is CC1=C(C(=O)O)N2C(=O)C(NC(=O)C(NC(=O)OC[C@H]3OC4(O)C(C)(C)[C@@]4(O)[C@]4(O)C(C)(C)[C@]34O)c3ccccc3)C2SC1. The van der Waals surface area contributed by atoms with Gasteiger partial charge in [0.2, 0.25) is 11.7 Å². The third-order valence-electron chi connectivity index (χ3n) is 10.5. The van der Waals surface area contributed by atoms with Crippen LogP contribution in [0.25, 0.3) is 0 Å². The highest BCUT2D eigenvalue weighted by Gasteiger charge is 3.08. The van der Waals surface area contributed by atoms with E-state index in [1.54, 1.807) is 37.3 Å². The Morgan fingerprint density at radius 3 is 2.32 bits per heavy atom. The summed E-state index contributed by atoms with van der Waals surface area (Å²) in [4.78, 5) is 52.3. The number of carbonyl (C=O) groups excluding carboxylic acids is 3. The zero-order chi connectivity index (χ0) is 32.4. The number of benzene rings is 1. The molecule has 8 atom stereocenters. The highest BCUT2D eigenvalue weighted by molar-refractivity contribution is 8.00. The molecule has 4 unspecified atom stereocenters. The molecule has 0 spiro atoms. The molecular formula is C29H35N3O11S. The largest absolute Gasteiger partial charge is 0.477 e. The van der Waals surface area contributed by atoms with Crippen LogP contribution in [0.2, 0.25) is 0 Å². The first-order chi connectivity index (χ1) is 20.3. The number of nitrogens with one attached hydrogen (secondary N) is 2. The lowest BCUT2D eigenvalue weighted by Gasteiger charge is -2.49. The maximum atomic E-state index is 13.5. The van der Waals surface area contributed by atoms with Crippen molar-refractivity contribution in [1.82, 2.24) is 15.5 Å². The normalized spacial score (nSPS) is 39.5. The van der Waals surface area contributed by atoms with E-state index in [1.807, 2.05) is 0 Å². The van der Waals surface area contributed by atoms with Gasteiger partial charge in [-0.3, -0.25) is 14.5 Å². The average Bonchev–Trinajstić information content (AvgIpc) is 3.54. The van der Waals surface area contributed by atoms with Gasteiger partial charge in [-0.05, 0) is 18.1 Å². The van der Waals surface area contributed by atoms with Crippen LogP contribution in [0.3, 0.4) is 0 Å². The molecular weight excluding hydrogens is 598 g/mol. The Labute approximate surface area is 256 Å². The molecule has 1 aromatic carbocycles. The Hall–Kier alpha value is -3.21. The Morgan fingerprint density at radius 2 is 1.70 bits per heavy atom. The number of carboxylic acids is 1. The number of carbonyl (C=O) groups is 4. The molecule has 14 nitrogen and oxygen atoms in total. The van der Waals surface area contributed by atoms with Gasteiger partial charge in [-0.25, -0.2) is 9.59 Å². The summed E-state index contributed by atoms with van der Waals surface area (Å²) in [5, 5.41) is 59.3. The van der Waals surface area contributed by atoms with Gasteiger partial charge in [0.05, 0.1) is 5.41 Å². The van der Waals surface area contributed by atoms with Gasteiger partial charge in [0.15, 0.2) is 5.60 Å². The monoisotopic (exact) mass is 633 g/mol. The zero-order valence-corrected chi connectivity index (χ0v) is 25.5. The number of nitrogens with zero attached hydrogens (tertiary/aromatic N) is 1. The lowest BCUT2D eigenvalue weighted by Crippen LogP contribution is -2.71. The molecule has 0 radical (unpaired) electrons. The third kappa shape index (κ3) is 3.34. The number of hydrogen-bond acceptors (Lipinski definition) is 11. The number of alkyl carbamates (subject to hydrolysis) is 1. The molecule has 0 bridgehead atoms. The number of aliphatic hydroxyl groups is 4. The standard InChI is InChI=1S/C29H35N3O11S/c1-13-12-44-21-17(20(34)32(21)18(13)22(35)36)30-19(33)16(14-9-7-6-8-10-14)31-23(37)42-11-15-26(38)24(2,3)27(26,39)28(40)25(4,5)29(28,41)43-15/h6-10,15-17,21,38-41H,11-12H2,1-5H3,(H,30,33)(H,31,37)(H,35,36)/t15-,16?,17?,21?,26-,27+,28-,29?/m1/s1. The van der Waals surface area contributed by atoms with Gasteiger partial charge >= 0.3 is 12.1 Å². The topological polar surface area (TPSA) is 215 Å². The predicted octanol–water partition coefficient (Wildman–Crippen LogP) is -0.427. The summed E-state index contributed by atoms with van der Waals surface area (Å²) in [6.07, 6.45) is -2.54. The van der Waals surface area contributed by atoms with Crippen LogP contribution in [0.5, 0.6) is 0 Å². The fourth-order valence-corrected chi connectivity index (χ4v) is 8.95. The van der Waals surface area contributed by atoms with E-state index in [1.165, 1.54) is 39.5 Å². The number of β-lactam (4-membered cyclic amide) rings is 1. The van der Waals surface area contributed by atoms with Crippen LogP contribution in [0.15, 0.2) is 41.6 Å². The number of thioether (sulfide) groups is 1. The van der Waals surface area contributed by atoms with Gasteiger partial charge < -0.3 is 45.6 Å². The van der Waals surface area contributed by atoms with Gasteiger partial charge in [-0.1, -0.05) is 58.0 Å². The molecule has 3 aliphatic heterocycles. The molecule has 7 N–H and O–H groups in total. The highest BCUT2D eigenvalue weighted by atomic mass is 32.2. The van der Waals surface area contributed by atoms with Gasteiger partial charge in [-0.15, -0.1) is 11.8 Å². The number of aliphatic carboxylic acids is 1. The maximum absolute atomic E-state index is 13.5. The Bertz CT molecular complexity index is 1520. The summed E-state index contributed by atoms with van der Waals surface area (Å²) in [7, 11) is 0. The summed E-state index contributed by atoms with van der Waals surface area (Å²) in [5.41, 5.74) is -8.35. The molecule has 1 aromatic rings. The summed E-state index contributed by atoms with van der Waals surface area (Å²) < 4.78 is 11.0. The molecule has 6 rings (SSSR count). The molecule has 0 aromatic heterocycles. The molecule has 2 saturated heterocycles. The highest BCUT2D eigenvalue weighted by Crippen LogP contribution is 2.86. The molecule has 4 fully saturated rings. The van der Waals surface area contributed by atoms with Gasteiger partial charge in [0.1, 0.15) is 47.1 Å². The van der Waals surface area contributed by atoms with Crippen LogP contribution in [-0.2, 0) is 23.9 Å². The first kappa shape index (κ1) is 30.8. The Balaban J connectivity index is 1.16. The van der Waals surface area contributed by atoms with Crippen molar-refractivity contribution in [2.24, 2.45) is 10.8 Å². The molecule has 44 heavy (non-hydrogen) atoms. The van der Waals surface area contributed by atoms with Crippen molar-refractivity contribution in [1.29, 1.82) is 0 Å². The molecule has 3 amide bonds. The van der Waals surface area contributed by atoms with Crippen molar-refractivity contribution in [2.75, 3.05) is 12.4 Å². The number of amides is 3. The number of hydrogen-bond donors (Lipinski definition) is 7. The van der Waals surface area contributed by atoms with E-state index in [9.17, 15) is 44.7 Å². The Kier molecular flexibility index (Phi) is 6.42. The van der Waals surface area contributed by atoms with E-state index in [-0.39, 0.29) is 5.70 Å². The molecule has 238 valence electrons. The molecule has 3 heterocycles. The number of rotatable bonds is 7. The molecule has 5 aliphatic rings. The van der Waals surface area contributed by atoms with Crippen molar-refractivity contribution in [3.05, 3.63) is 47.2 Å². The van der Waals surface area contributed by atoms with Gasteiger partial charge in [0, 0.05) is 11.2 Å². The predicted molar refractivity (Wildman–Crippen MR) is 151 cm³/mol. The van der Waals surface area contributed by atoms with Crippen LogP contribution in [0, 0.1) is 10.8 Å². The first-order valence-electron chi connectivity index (χ1n) is 14.1. The van der Waals surface area contributed by atoms with E-state index >= 15 is 0 Å². The molecule has 2 aliphatic carbocycles. The maximum Gasteiger partial charge on any atom is 0.408 e. The van der Waals surface area contributed by atoms with Crippen LogP contribution < -0.4 is 10.6 Å².